The first-order valence-electron chi connectivity index (χ1n) is 4.61. The first-order valence-corrected chi connectivity index (χ1v) is 5.15. The molecule has 0 aliphatic rings. The van der Waals surface area contributed by atoms with Gasteiger partial charge in [-0.15, -0.1) is 11.6 Å². The lowest BCUT2D eigenvalue weighted by atomic mass is 10.0. The second-order valence-corrected chi connectivity index (χ2v) is 3.62. The second kappa shape index (κ2) is 5.59. The molecule has 2 atom stereocenters. The maximum absolute atomic E-state index is 10.7. The molecule has 0 aliphatic heterocycles. The fourth-order valence-electron chi connectivity index (χ4n) is 1.28. The molecular formula is C10H9ClN2O4. The number of nitriles is 1. The Balaban J connectivity index is 3.17. The van der Waals surface area contributed by atoms with Gasteiger partial charge in [0.1, 0.15) is 17.7 Å². The van der Waals surface area contributed by atoms with E-state index in [1.807, 2.05) is 0 Å². The van der Waals surface area contributed by atoms with Gasteiger partial charge >= 0.3 is 0 Å². The molecule has 1 aromatic rings. The summed E-state index contributed by atoms with van der Waals surface area (Å²) in [6, 6.07) is 5.29. The van der Waals surface area contributed by atoms with E-state index in [4.69, 9.17) is 16.9 Å². The van der Waals surface area contributed by atoms with Crippen LogP contribution in [-0.4, -0.2) is 27.1 Å². The lowest BCUT2D eigenvalue weighted by molar-refractivity contribution is -0.385. The third kappa shape index (κ3) is 2.91. The number of hydrogen-bond acceptors (Lipinski definition) is 5. The Hall–Kier alpha value is -1.68. The predicted octanol–water partition coefficient (Wildman–Crippen LogP) is 1.10. The van der Waals surface area contributed by atoms with Crippen molar-refractivity contribution in [2.24, 2.45) is 0 Å². The first-order chi connectivity index (χ1) is 8.01. The van der Waals surface area contributed by atoms with Crippen molar-refractivity contribution in [2.45, 2.75) is 12.2 Å². The van der Waals surface area contributed by atoms with E-state index in [1.54, 1.807) is 6.07 Å². The number of aliphatic hydroxyl groups excluding tert-OH is 2. The zero-order chi connectivity index (χ0) is 13.0. The minimum absolute atomic E-state index is 0.105. The molecule has 0 saturated carbocycles. The minimum atomic E-state index is -1.32. The van der Waals surface area contributed by atoms with Crippen LogP contribution in [0.3, 0.4) is 0 Å². The third-order valence-corrected chi connectivity index (χ3v) is 2.52. The molecule has 0 bridgehead atoms. The fraction of sp³-hybridized carbons (Fsp3) is 0.300. The highest BCUT2D eigenvalue weighted by molar-refractivity contribution is 6.18. The zero-order valence-corrected chi connectivity index (χ0v) is 9.33. The number of rotatable bonds is 4. The van der Waals surface area contributed by atoms with E-state index in [-0.39, 0.29) is 17.0 Å². The lowest BCUT2D eigenvalue weighted by Gasteiger charge is -2.15. The number of benzene rings is 1. The van der Waals surface area contributed by atoms with E-state index in [1.165, 1.54) is 12.1 Å². The van der Waals surface area contributed by atoms with E-state index < -0.39 is 22.8 Å². The summed E-state index contributed by atoms with van der Waals surface area (Å²) >= 11 is 5.36. The predicted molar refractivity (Wildman–Crippen MR) is 59.5 cm³/mol. The normalized spacial score (nSPS) is 13.8. The summed E-state index contributed by atoms with van der Waals surface area (Å²) in [6.45, 7) is 0. The first kappa shape index (κ1) is 13.4. The van der Waals surface area contributed by atoms with Crippen LogP contribution in [0.15, 0.2) is 18.2 Å². The minimum Gasteiger partial charge on any atom is -0.389 e. The van der Waals surface area contributed by atoms with Gasteiger partial charge in [0.15, 0.2) is 0 Å². The average molecular weight is 257 g/mol. The maximum atomic E-state index is 10.7. The Morgan fingerprint density at radius 1 is 1.53 bits per heavy atom. The average Bonchev–Trinajstić information content (AvgIpc) is 2.35. The third-order valence-electron chi connectivity index (χ3n) is 2.20. The Morgan fingerprint density at radius 3 is 2.65 bits per heavy atom. The highest BCUT2D eigenvalue weighted by Gasteiger charge is 2.21. The molecule has 1 aromatic carbocycles. The molecule has 90 valence electrons. The van der Waals surface area contributed by atoms with Crippen molar-refractivity contribution in [3.63, 3.8) is 0 Å². The van der Waals surface area contributed by atoms with Crippen LogP contribution in [0, 0.1) is 21.4 Å². The molecule has 17 heavy (non-hydrogen) atoms. The number of hydrogen-bond donors (Lipinski definition) is 2. The lowest BCUT2D eigenvalue weighted by Crippen LogP contribution is -2.19. The van der Waals surface area contributed by atoms with Gasteiger partial charge in [-0.05, 0) is 11.6 Å². The molecule has 0 aliphatic carbocycles. The van der Waals surface area contributed by atoms with Gasteiger partial charge in [0, 0.05) is 6.07 Å². The molecule has 0 saturated heterocycles. The van der Waals surface area contributed by atoms with Gasteiger partial charge in [0.25, 0.3) is 5.69 Å². The van der Waals surface area contributed by atoms with E-state index in [0.29, 0.717) is 0 Å². The van der Waals surface area contributed by atoms with E-state index in [2.05, 4.69) is 0 Å². The van der Waals surface area contributed by atoms with Crippen LogP contribution in [0.4, 0.5) is 5.69 Å². The largest absolute Gasteiger partial charge is 0.389 e. The molecule has 0 heterocycles. The molecule has 0 radical (unpaired) electrons. The van der Waals surface area contributed by atoms with Crippen molar-refractivity contribution in [3.8, 4) is 6.07 Å². The molecule has 0 amide bonds. The van der Waals surface area contributed by atoms with E-state index in [9.17, 15) is 20.3 Å². The van der Waals surface area contributed by atoms with Crippen molar-refractivity contribution in [1.29, 1.82) is 5.26 Å². The Morgan fingerprint density at radius 2 is 2.18 bits per heavy atom. The molecule has 7 heteroatoms. The van der Waals surface area contributed by atoms with Crippen LogP contribution >= 0.6 is 11.6 Å². The highest BCUT2D eigenvalue weighted by atomic mass is 35.5. The van der Waals surface area contributed by atoms with Gasteiger partial charge in [-0.1, -0.05) is 6.07 Å². The van der Waals surface area contributed by atoms with Crippen molar-refractivity contribution >= 4 is 17.3 Å². The quantitative estimate of drug-likeness (QED) is 0.476. The summed E-state index contributed by atoms with van der Waals surface area (Å²) in [5.41, 5.74) is -0.374. The van der Waals surface area contributed by atoms with Crippen molar-refractivity contribution in [3.05, 3.63) is 39.4 Å². The number of nitro benzene ring substituents is 1. The molecule has 6 nitrogen and oxygen atoms in total. The van der Waals surface area contributed by atoms with Gasteiger partial charge in [0.2, 0.25) is 0 Å². The van der Waals surface area contributed by atoms with Crippen LogP contribution in [0.1, 0.15) is 17.2 Å². The van der Waals surface area contributed by atoms with Gasteiger partial charge in [0.05, 0.1) is 16.9 Å². The van der Waals surface area contributed by atoms with Gasteiger partial charge in [-0.2, -0.15) is 5.26 Å². The van der Waals surface area contributed by atoms with Crippen LogP contribution < -0.4 is 0 Å². The Bertz CT molecular complexity index is 472. The summed E-state index contributed by atoms with van der Waals surface area (Å²) in [4.78, 5) is 9.96. The number of nitrogens with zero attached hydrogens (tertiary/aromatic N) is 2. The van der Waals surface area contributed by atoms with Crippen molar-refractivity contribution in [1.82, 2.24) is 0 Å². The number of aliphatic hydroxyl groups is 2. The monoisotopic (exact) mass is 256 g/mol. The second-order valence-electron chi connectivity index (χ2n) is 3.31. The van der Waals surface area contributed by atoms with Crippen LogP contribution in [-0.2, 0) is 0 Å². The molecular weight excluding hydrogens is 248 g/mol. The SMILES string of the molecule is N#Cc1ccc(C(O)C(O)CCl)cc1[N+](=O)[O-]. The number of halogens is 1. The van der Waals surface area contributed by atoms with Crippen molar-refractivity contribution < 1.29 is 15.1 Å². The van der Waals surface area contributed by atoms with Gasteiger partial charge < -0.3 is 10.2 Å². The molecule has 0 spiro atoms. The van der Waals surface area contributed by atoms with E-state index >= 15 is 0 Å². The molecule has 1 rings (SSSR count). The topological polar surface area (TPSA) is 107 Å². The van der Waals surface area contributed by atoms with Gasteiger partial charge in [-0.3, -0.25) is 10.1 Å². The molecule has 0 aromatic heterocycles. The summed E-state index contributed by atoms with van der Waals surface area (Å²) in [6.07, 6.45) is -2.54. The summed E-state index contributed by atoms with van der Waals surface area (Å²) in [5, 5.41) is 38.3. The maximum Gasteiger partial charge on any atom is 0.287 e. The Kier molecular flexibility index (Phi) is 4.40. The van der Waals surface area contributed by atoms with E-state index in [0.717, 1.165) is 6.07 Å². The zero-order valence-electron chi connectivity index (χ0n) is 8.58. The highest BCUT2D eigenvalue weighted by Crippen LogP contribution is 2.25. The molecule has 0 fully saturated rings. The Labute approximate surface area is 102 Å². The standard InChI is InChI=1S/C10H9ClN2O4/c11-4-9(14)10(15)6-1-2-7(5-12)8(3-6)13(16)17/h1-3,9-10,14-15H,4H2. The summed E-state index contributed by atoms with van der Waals surface area (Å²) < 4.78 is 0. The number of nitro groups is 1. The van der Waals surface area contributed by atoms with Crippen LogP contribution in [0.2, 0.25) is 0 Å². The molecule has 2 unspecified atom stereocenters. The summed E-state index contributed by atoms with van der Waals surface area (Å²) in [5.74, 6) is -0.199. The van der Waals surface area contributed by atoms with Crippen LogP contribution in [0.5, 0.6) is 0 Å². The smallest absolute Gasteiger partial charge is 0.287 e. The summed E-state index contributed by atoms with van der Waals surface area (Å²) in [7, 11) is 0. The van der Waals surface area contributed by atoms with Crippen molar-refractivity contribution in [2.75, 3.05) is 5.88 Å². The fourth-order valence-corrected chi connectivity index (χ4v) is 1.45. The van der Waals surface area contributed by atoms with Gasteiger partial charge in [-0.25, -0.2) is 0 Å². The molecule has 2 N–H and O–H groups in total. The van der Waals surface area contributed by atoms with Crippen LogP contribution in [0.25, 0.3) is 0 Å². The number of alkyl halides is 1.